The minimum Gasteiger partial charge on any atom is -0.478 e. The number of hydrazone groups is 1. The average Bonchev–Trinajstić information content (AvgIpc) is 3.05. The van der Waals surface area contributed by atoms with E-state index < -0.39 is 5.97 Å². The standard InChI is InChI=1S/C25H30N2O3/c1-3-5-11-23-22(24(28)27(26-23)16-6-4-2)17-18-12-14-19(15-13-18)20-9-7-8-10-21(20)25(29)30/h7-10,12-15,22H,3-6,11,16-17H2,1-2H3,(H,29,30). The van der Waals surface area contributed by atoms with Gasteiger partial charge in [0.05, 0.1) is 17.2 Å². The highest BCUT2D eigenvalue weighted by atomic mass is 16.4. The molecule has 0 saturated heterocycles. The van der Waals surface area contributed by atoms with E-state index in [1.165, 1.54) is 0 Å². The molecule has 5 nitrogen and oxygen atoms in total. The number of nitrogens with zero attached hydrogens (tertiary/aromatic N) is 2. The van der Waals surface area contributed by atoms with Crippen molar-refractivity contribution in [3.05, 3.63) is 59.7 Å². The lowest BCUT2D eigenvalue weighted by atomic mass is 9.90. The molecule has 3 rings (SSSR count). The number of carbonyl (C=O) groups excluding carboxylic acids is 1. The molecule has 0 saturated carbocycles. The van der Waals surface area contributed by atoms with Crippen molar-refractivity contribution in [2.24, 2.45) is 11.0 Å². The molecule has 2 aromatic carbocycles. The highest BCUT2D eigenvalue weighted by Crippen LogP contribution is 2.27. The molecule has 1 N–H and O–H groups in total. The molecule has 5 heteroatoms. The zero-order valence-corrected chi connectivity index (χ0v) is 17.8. The van der Waals surface area contributed by atoms with E-state index in [4.69, 9.17) is 0 Å². The number of hydrogen-bond acceptors (Lipinski definition) is 3. The van der Waals surface area contributed by atoms with E-state index >= 15 is 0 Å². The molecule has 158 valence electrons. The number of aromatic carboxylic acids is 1. The average molecular weight is 407 g/mol. The first-order valence-electron chi connectivity index (χ1n) is 10.9. The van der Waals surface area contributed by atoms with Crippen molar-refractivity contribution in [1.82, 2.24) is 5.01 Å². The number of amides is 1. The molecule has 0 aromatic heterocycles. The quantitative estimate of drug-likeness (QED) is 0.574. The molecule has 1 unspecified atom stereocenters. The Kier molecular flexibility index (Phi) is 7.39. The largest absolute Gasteiger partial charge is 0.478 e. The van der Waals surface area contributed by atoms with Crippen LogP contribution >= 0.6 is 0 Å². The van der Waals surface area contributed by atoms with Gasteiger partial charge in [-0.2, -0.15) is 5.10 Å². The summed E-state index contributed by atoms with van der Waals surface area (Å²) in [6, 6.07) is 14.9. The molecule has 2 aromatic rings. The predicted octanol–water partition coefficient (Wildman–Crippen LogP) is 5.40. The van der Waals surface area contributed by atoms with Gasteiger partial charge in [-0.15, -0.1) is 0 Å². The highest BCUT2D eigenvalue weighted by Gasteiger charge is 2.34. The maximum atomic E-state index is 12.9. The fourth-order valence-electron chi connectivity index (χ4n) is 3.83. The number of rotatable bonds is 10. The van der Waals surface area contributed by atoms with Gasteiger partial charge in [0.2, 0.25) is 0 Å². The van der Waals surface area contributed by atoms with Crippen LogP contribution in [0.1, 0.15) is 61.9 Å². The fourth-order valence-corrected chi connectivity index (χ4v) is 3.83. The molecular formula is C25H30N2O3. The first kappa shape index (κ1) is 21.8. The molecule has 0 bridgehead atoms. The van der Waals surface area contributed by atoms with Crippen LogP contribution in [0.15, 0.2) is 53.6 Å². The van der Waals surface area contributed by atoms with E-state index in [0.717, 1.165) is 48.9 Å². The number of carboxylic acid groups (broad SMARTS) is 1. The molecule has 1 amide bonds. The summed E-state index contributed by atoms with van der Waals surface area (Å²) in [6.07, 6.45) is 5.60. The summed E-state index contributed by atoms with van der Waals surface area (Å²) >= 11 is 0. The zero-order valence-electron chi connectivity index (χ0n) is 17.8. The highest BCUT2D eigenvalue weighted by molar-refractivity contribution is 6.08. The normalized spacial score (nSPS) is 16.1. The summed E-state index contributed by atoms with van der Waals surface area (Å²) in [4.78, 5) is 24.4. The lowest BCUT2D eigenvalue weighted by Crippen LogP contribution is -2.29. The molecule has 1 aliphatic heterocycles. The van der Waals surface area contributed by atoms with Crippen molar-refractivity contribution in [2.45, 2.75) is 52.4 Å². The van der Waals surface area contributed by atoms with Crippen LogP contribution in [0.4, 0.5) is 0 Å². The second kappa shape index (κ2) is 10.2. The minimum absolute atomic E-state index is 0.106. The smallest absolute Gasteiger partial charge is 0.336 e. The summed E-state index contributed by atoms with van der Waals surface area (Å²) in [6.45, 7) is 4.95. The molecule has 1 atom stereocenters. The van der Waals surface area contributed by atoms with E-state index in [1.54, 1.807) is 17.1 Å². The van der Waals surface area contributed by atoms with E-state index in [-0.39, 0.29) is 17.4 Å². The fraction of sp³-hybridized carbons (Fsp3) is 0.400. The Morgan fingerprint density at radius 2 is 1.73 bits per heavy atom. The van der Waals surface area contributed by atoms with Crippen LogP contribution in [0.5, 0.6) is 0 Å². The van der Waals surface area contributed by atoms with Gasteiger partial charge in [-0.25, -0.2) is 9.80 Å². The van der Waals surface area contributed by atoms with Crippen molar-refractivity contribution in [3.8, 4) is 11.1 Å². The van der Waals surface area contributed by atoms with Crippen molar-refractivity contribution in [1.29, 1.82) is 0 Å². The van der Waals surface area contributed by atoms with Crippen LogP contribution in [0.25, 0.3) is 11.1 Å². The number of carbonyl (C=O) groups is 2. The van der Waals surface area contributed by atoms with Gasteiger partial charge in [-0.05, 0) is 48.4 Å². The summed E-state index contributed by atoms with van der Waals surface area (Å²) in [5.41, 5.74) is 3.91. The molecule has 1 aliphatic rings. The van der Waals surface area contributed by atoms with Crippen molar-refractivity contribution >= 4 is 17.6 Å². The Morgan fingerprint density at radius 3 is 2.40 bits per heavy atom. The first-order chi connectivity index (χ1) is 14.5. The third-order valence-corrected chi connectivity index (χ3v) is 5.58. The SMILES string of the molecule is CCCCC1=NN(CCCC)C(=O)C1Cc1ccc(-c2ccccc2C(=O)O)cc1. The number of benzene rings is 2. The maximum absolute atomic E-state index is 12.9. The van der Waals surface area contributed by atoms with Gasteiger partial charge in [0, 0.05) is 6.54 Å². The van der Waals surface area contributed by atoms with Gasteiger partial charge in [-0.3, -0.25) is 4.79 Å². The minimum atomic E-state index is -0.935. The zero-order chi connectivity index (χ0) is 21.5. The lowest BCUT2D eigenvalue weighted by molar-refractivity contribution is -0.131. The first-order valence-corrected chi connectivity index (χ1v) is 10.9. The molecule has 1 heterocycles. The summed E-state index contributed by atoms with van der Waals surface area (Å²) in [5.74, 6) is -1.02. The van der Waals surface area contributed by atoms with Crippen LogP contribution in [0, 0.1) is 5.92 Å². The van der Waals surface area contributed by atoms with Crippen LogP contribution in [-0.4, -0.2) is 34.2 Å². The van der Waals surface area contributed by atoms with Crippen molar-refractivity contribution < 1.29 is 14.7 Å². The molecular weight excluding hydrogens is 376 g/mol. The van der Waals surface area contributed by atoms with Crippen LogP contribution in [0.3, 0.4) is 0 Å². The van der Waals surface area contributed by atoms with Gasteiger partial charge in [0.15, 0.2) is 0 Å². The third kappa shape index (κ3) is 4.96. The number of carboxylic acids is 1. The van der Waals surface area contributed by atoms with E-state index in [0.29, 0.717) is 18.5 Å². The van der Waals surface area contributed by atoms with E-state index in [9.17, 15) is 14.7 Å². The van der Waals surface area contributed by atoms with Gasteiger partial charge in [-0.1, -0.05) is 69.2 Å². The van der Waals surface area contributed by atoms with Crippen LogP contribution in [-0.2, 0) is 11.2 Å². The van der Waals surface area contributed by atoms with E-state index in [1.807, 2.05) is 36.4 Å². The number of unbranched alkanes of at least 4 members (excludes halogenated alkanes) is 2. The predicted molar refractivity (Wildman–Crippen MR) is 120 cm³/mol. The van der Waals surface area contributed by atoms with Gasteiger partial charge < -0.3 is 5.11 Å². The molecule has 30 heavy (non-hydrogen) atoms. The van der Waals surface area contributed by atoms with Gasteiger partial charge in [0.25, 0.3) is 5.91 Å². The van der Waals surface area contributed by atoms with E-state index in [2.05, 4.69) is 18.9 Å². The second-order valence-corrected chi connectivity index (χ2v) is 7.81. The lowest BCUT2D eigenvalue weighted by Gasteiger charge is -2.15. The molecule has 0 fully saturated rings. The Balaban J connectivity index is 1.77. The Labute approximate surface area is 178 Å². The third-order valence-electron chi connectivity index (χ3n) is 5.58. The topological polar surface area (TPSA) is 70.0 Å². The summed E-state index contributed by atoms with van der Waals surface area (Å²) in [7, 11) is 0. The van der Waals surface area contributed by atoms with Crippen LogP contribution < -0.4 is 0 Å². The van der Waals surface area contributed by atoms with Crippen molar-refractivity contribution in [2.75, 3.05) is 6.54 Å². The second-order valence-electron chi connectivity index (χ2n) is 7.81. The molecule has 0 radical (unpaired) electrons. The summed E-state index contributed by atoms with van der Waals surface area (Å²) in [5, 5.41) is 15.7. The van der Waals surface area contributed by atoms with Crippen LogP contribution in [0.2, 0.25) is 0 Å². The molecule has 0 aliphatic carbocycles. The Bertz CT molecular complexity index is 918. The van der Waals surface area contributed by atoms with Crippen molar-refractivity contribution in [3.63, 3.8) is 0 Å². The Hall–Kier alpha value is -2.95. The molecule has 0 spiro atoms. The number of hydrogen-bond donors (Lipinski definition) is 1. The van der Waals surface area contributed by atoms with Gasteiger partial charge >= 0.3 is 5.97 Å². The van der Waals surface area contributed by atoms with Gasteiger partial charge in [0.1, 0.15) is 0 Å². The maximum Gasteiger partial charge on any atom is 0.336 e. The summed E-state index contributed by atoms with van der Waals surface area (Å²) < 4.78 is 0. The monoisotopic (exact) mass is 406 g/mol. The Morgan fingerprint density at radius 1 is 1.03 bits per heavy atom.